The molecule has 148 valence electrons. The number of guanidine groups is 1. The first-order valence-electron chi connectivity index (χ1n) is 8.77. The molecule has 0 spiro atoms. The number of amides is 1. The Kier molecular flexibility index (Phi) is 10.3. The Morgan fingerprint density at radius 1 is 1.30 bits per heavy atom. The molecule has 1 unspecified atom stereocenters. The number of hydrogen-bond acceptors (Lipinski definition) is 4. The quantitative estimate of drug-likeness (QED) is 0.309. The highest BCUT2D eigenvalue weighted by atomic mass is 127. The van der Waals surface area contributed by atoms with Gasteiger partial charge < -0.3 is 16.0 Å². The highest BCUT2D eigenvalue weighted by Gasteiger charge is 2.09. The zero-order valence-electron chi connectivity index (χ0n) is 16.2. The van der Waals surface area contributed by atoms with Crippen LogP contribution in [0.5, 0.6) is 0 Å². The SMILES string of the molecule is CCC(C)NC(=O)c1cccc(CNC(=NC)NCc2ncc(C)s2)c1.I. The van der Waals surface area contributed by atoms with Gasteiger partial charge in [-0.25, -0.2) is 4.98 Å². The second-order valence-corrected chi connectivity index (χ2v) is 7.45. The molecule has 1 atom stereocenters. The zero-order chi connectivity index (χ0) is 18.9. The fraction of sp³-hybridized carbons (Fsp3) is 0.421. The lowest BCUT2D eigenvalue weighted by Gasteiger charge is -2.13. The molecule has 0 radical (unpaired) electrons. The average Bonchev–Trinajstić information content (AvgIpc) is 3.07. The van der Waals surface area contributed by atoms with Crippen LogP contribution in [-0.2, 0) is 13.1 Å². The van der Waals surface area contributed by atoms with E-state index < -0.39 is 0 Å². The van der Waals surface area contributed by atoms with E-state index in [2.05, 4.69) is 32.9 Å². The molecule has 1 heterocycles. The van der Waals surface area contributed by atoms with Crippen molar-refractivity contribution < 1.29 is 4.79 Å². The summed E-state index contributed by atoms with van der Waals surface area (Å²) in [5, 5.41) is 10.5. The van der Waals surface area contributed by atoms with E-state index in [0.717, 1.165) is 17.0 Å². The number of carbonyl (C=O) groups is 1. The van der Waals surface area contributed by atoms with E-state index in [4.69, 9.17) is 0 Å². The van der Waals surface area contributed by atoms with Gasteiger partial charge in [0.25, 0.3) is 5.91 Å². The zero-order valence-corrected chi connectivity index (χ0v) is 19.4. The summed E-state index contributed by atoms with van der Waals surface area (Å²) < 4.78 is 0. The second kappa shape index (κ2) is 11.9. The van der Waals surface area contributed by atoms with E-state index in [1.165, 1.54) is 4.88 Å². The maximum absolute atomic E-state index is 12.2. The van der Waals surface area contributed by atoms with Crippen molar-refractivity contribution in [2.75, 3.05) is 7.05 Å². The van der Waals surface area contributed by atoms with Crippen LogP contribution in [0.4, 0.5) is 0 Å². The predicted molar refractivity (Wildman–Crippen MR) is 123 cm³/mol. The molecule has 6 nitrogen and oxygen atoms in total. The van der Waals surface area contributed by atoms with Crippen LogP contribution in [0.25, 0.3) is 0 Å². The molecule has 0 saturated heterocycles. The van der Waals surface area contributed by atoms with E-state index in [-0.39, 0.29) is 35.9 Å². The van der Waals surface area contributed by atoms with Crippen molar-refractivity contribution in [1.29, 1.82) is 0 Å². The number of thiazole rings is 1. The number of benzene rings is 1. The second-order valence-electron chi connectivity index (χ2n) is 6.13. The molecular formula is C19H28IN5OS. The van der Waals surface area contributed by atoms with E-state index in [1.807, 2.05) is 44.3 Å². The van der Waals surface area contributed by atoms with Crippen molar-refractivity contribution in [3.05, 3.63) is 51.5 Å². The molecule has 27 heavy (non-hydrogen) atoms. The average molecular weight is 501 g/mol. The molecular weight excluding hydrogens is 473 g/mol. The van der Waals surface area contributed by atoms with Crippen molar-refractivity contribution in [3.63, 3.8) is 0 Å². The van der Waals surface area contributed by atoms with Crippen LogP contribution < -0.4 is 16.0 Å². The highest BCUT2D eigenvalue weighted by molar-refractivity contribution is 14.0. The van der Waals surface area contributed by atoms with Crippen LogP contribution >= 0.6 is 35.3 Å². The van der Waals surface area contributed by atoms with Gasteiger partial charge in [-0.3, -0.25) is 9.79 Å². The molecule has 0 saturated carbocycles. The van der Waals surface area contributed by atoms with Gasteiger partial charge in [-0.15, -0.1) is 35.3 Å². The van der Waals surface area contributed by atoms with Crippen molar-refractivity contribution >= 4 is 47.2 Å². The van der Waals surface area contributed by atoms with E-state index in [1.54, 1.807) is 18.4 Å². The molecule has 2 aromatic rings. The van der Waals surface area contributed by atoms with Gasteiger partial charge in [0, 0.05) is 36.3 Å². The maximum Gasteiger partial charge on any atom is 0.251 e. The number of rotatable bonds is 7. The maximum atomic E-state index is 12.2. The van der Waals surface area contributed by atoms with Crippen LogP contribution in [0.2, 0.25) is 0 Å². The fourth-order valence-corrected chi connectivity index (χ4v) is 3.01. The van der Waals surface area contributed by atoms with Crippen molar-refractivity contribution in [1.82, 2.24) is 20.9 Å². The summed E-state index contributed by atoms with van der Waals surface area (Å²) in [5.41, 5.74) is 1.70. The molecule has 2 rings (SSSR count). The van der Waals surface area contributed by atoms with Crippen LogP contribution in [-0.4, -0.2) is 29.9 Å². The summed E-state index contributed by atoms with van der Waals surface area (Å²) in [6, 6.07) is 7.80. The van der Waals surface area contributed by atoms with Crippen LogP contribution in [0.15, 0.2) is 35.5 Å². The number of aryl methyl sites for hydroxylation is 1. The number of nitrogens with one attached hydrogen (secondary N) is 3. The minimum Gasteiger partial charge on any atom is -0.352 e. The lowest BCUT2D eigenvalue weighted by Crippen LogP contribution is -2.36. The molecule has 1 aromatic heterocycles. The van der Waals surface area contributed by atoms with Crippen LogP contribution in [0, 0.1) is 6.92 Å². The summed E-state index contributed by atoms with van der Waals surface area (Å²) in [4.78, 5) is 22.0. The monoisotopic (exact) mass is 501 g/mol. The van der Waals surface area contributed by atoms with Crippen LogP contribution in [0.1, 0.15) is 46.1 Å². The molecule has 0 aliphatic heterocycles. The first-order chi connectivity index (χ1) is 12.5. The molecule has 1 amide bonds. The van der Waals surface area contributed by atoms with Gasteiger partial charge in [0.2, 0.25) is 0 Å². The largest absolute Gasteiger partial charge is 0.352 e. The van der Waals surface area contributed by atoms with Gasteiger partial charge in [0.15, 0.2) is 5.96 Å². The number of carbonyl (C=O) groups excluding carboxylic acids is 1. The van der Waals surface area contributed by atoms with Crippen molar-refractivity contribution in [2.45, 2.75) is 46.3 Å². The Hall–Kier alpha value is -1.68. The summed E-state index contributed by atoms with van der Waals surface area (Å²) in [6.45, 7) is 7.31. The van der Waals surface area contributed by atoms with E-state index in [0.29, 0.717) is 24.6 Å². The Labute approximate surface area is 182 Å². The number of aromatic nitrogens is 1. The Bertz CT molecular complexity index is 762. The first kappa shape index (κ1) is 23.4. The lowest BCUT2D eigenvalue weighted by molar-refractivity contribution is 0.0939. The van der Waals surface area contributed by atoms with E-state index >= 15 is 0 Å². The normalized spacial score (nSPS) is 12.1. The van der Waals surface area contributed by atoms with Crippen LogP contribution in [0.3, 0.4) is 0 Å². The van der Waals surface area contributed by atoms with Gasteiger partial charge in [0.05, 0.1) is 6.54 Å². The molecule has 8 heteroatoms. The third-order valence-electron chi connectivity index (χ3n) is 3.94. The van der Waals surface area contributed by atoms with Gasteiger partial charge in [-0.05, 0) is 38.0 Å². The fourth-order valence-electron chi connectivity index (χ4n) is 2.28. The van der Waals surface area contributed by atoms with Crippen molar-refractivity contribution in [3.8, 4) is 0 Å². The molecule has 3 N–H and O–H groups in total. The summed E-state index contributed by atoms with van der Waals surface area (Å²) >= 11 is 1.67. The lowest BCUT2D eigenvalue weighted by atomic mass is 10.1. The summed E-state index contributed by atoms with van der Waals surface area (Å²) in [5.74, 6) is 0.662. The topological polar surface area (TPSA) is 78.4 Å². The Balaban J connectivity index is 0.00000364. The summed E-state index contributed by atoms with van der Waals surface area (Å²) in [6.07, 6.45) is 2.78. The molecule has 0 fully saturated rings. The van der Waals surface area contributed by atoms with E-state index in [9.17, 15) is 4.79 Å². The Morgan fingerprint density at radius 3 is 2.67 bits per heavy atom. The summed E-state index contributed by atoms with van der Waals surface area (Å²) in [7, 11) is 1.73. The predicted octanol–water partition coefficient (Wildman–Crippen LogP) is 3.46. The number of halogens is 1. The standard InChI is InChI=1S/C19H27N5OS.HI/c1-5-13(2)24-18(25)16-8-6-7-15(9-16)11-22-19(20-4)23-12-17-21-10-14(3)26-17;/h6-10,13H,5,11-12H2,1-4H3,(H,24,25)(H2,20,22,23);1H. The third-order valence-corrected chi connectivity index (χ3v) is 4.85. The van der Waals surface area contributed by atoms with Gasteiger partial charge in [-0.1, -0.05) is 19.1 Å². The number of hydrogen-bond donors (Lipinski definition) is 3. The minimum atomic E-state index is -0.0390. The third kappa shape index (κ3) is 7.84. The van der Waals surface area contributed by atoms with Crippen molar-refractivity contribution in [2.24, 2.45) is 4.99 Å². The first-order valence-corrected chi connectivity index (χ1v) is 9.59. The molecule has 0 aliphatic rings. The van der Waals surface area contributed by atoms with Gasteiger partial charge in [0.1, 0.15) is 5.01 Å². The highest BCUT2D eigenvalue weighted by Crippen LogP contribution is 2.10. The van der Waals surface area contributed by atoms with Gasteiger partial charge in [-0.2, -0.15) is 0 Å². The smallest absolute Gasteiger partial charge is 0.251 e. The molecule has 0 aliphatic carbocycles. The number of nitrogens with zero attached hydrogens (tertiary/aromatic N) is 2. The Morgan fingerprint density at radius 2 is 2.04 bits per heavy atom. The number of aliphatic imine (C=N–C) groups is 1. The van der Waals surface area contributed by atoms with Gasteiger partial charge >= 0.3 is 0 Å². The molecule has 0 bridgehead atoms. The molecule has 1 aromatic carbocycles. The minimum absolute atomic E-state index is 0.